The van der Waals surface area contributed by atoms with Crippen LogP contribution < -0.4 is 10.7 Å². The van der Waals surface area contributed by atoms with Crippen LogP contribution in [0.5, 0.6) is 0 Å². The fraction of sp³-hybridized carbons (Fsp3) is 0.250. The molecule has 0 saturated heterocycles. The van der Waals surface area contributed by atoms with Gasteiger partial charge in [0, 0.05) is 17.3 Å². The van der Waals surface area contributed by atoms with Crippen LogP contribution in [0.1, 0.15) is 31.7 Å². The van der Waals surface area contributed by atoms with E-state index < -0.39 is 5.25 Å². The molecule has 9 heteroatoms. The highest BCUT2D eigenvalue weighted by atomic mass is 35.5. The molecule has 172 valence electrons. The van der Waals surface area contributed by atoms with Crippen molar-refractivity contribution in [3.8, 4) is 0 Å². The molecule has 0 saturated carbocycles. The number of nitrogens with zero attached hydrogens (tertiary/aromatic N) is 4. The number of carbonyl (C=O) groups is 1. The summed E-state index contributed by atoms with van der Waals surface area (Å²) >= 11 is 7.28. The zero-order valence-corrected chi connectivity index (χ0v) is 20.2. The number of hydrazone groups is 1. The minimum atomic E-state index is -0.410. The van der Waals surface area contributed by atoms with Gasteiger partial charge in [0.1, 0.15) is 0 Å². The van der Waals surface area contributed by atoms with E-state index in [0.717, 1.165) is 22.8 Å². The van der Waals surface area contributed by atoms with Crippen molar-refractivity contribution >= 4 is 40.7 Å². The van der Waals surface area contributed by atoms with E-state index in [1.165, 1.54) is 11.8 Å². The minimum Gasteiger partial charge on any atom is -0.378 e. The first-order valence-corrected chi connectivity index (χ1v) is 11.9. The first-order valence-electron chi connectivity index (χ1n) is 10.6. The molecule has 2 N–H and O–H groups in total. The lowest BCUT2D eigenvalue weighted by Crippen LogP contribution is -2.28. The molecule has 1 atom stereocenters. The Balaban J connectivity index is 1.65. The first kappa shape index (κ1) is 24.5. The fourth-order valence-electron chi connectivity index (χ4n) is 3.00. The first-order chi connectivity index (χ1) is 16.0. The van der Waals surface area contributed by atoms with Gasteiger partial charge in [0.2, 0.25) is 0 Å². The van der Waals surface area contributed by atoms with Gasteiger partial charge >= 0.3 is 0 Å². The second kappa shape index (κ2) is 12.2. The van der Waals surface area contributed by atoms with Crippen molar-refractivity contribution in [3.63, 3.8) is 0 Å². The number of hydrogen-bond donors (Lipinski definition) is 2. The summed E-state index contributed by atoms with van der Waals surface area (Å²) in [6.45, 7) is 8.67. The minimum absolute atomic E-state index is 0.198. The molecule has 33 heavy (non-hydrogen) atoms. The maximum Gasteiger partial charge on any atom is 0.253 e. The molecule has 1 amide bonds. The molecule has 0 aliphatic rings. The summed E-state index contributed by atoms with van der Waals surface area (Å²) in [5.41, 5.74) is 5.43. The van der Waals surface area contributed by atoms with Crippen molar-refractivity contribution in [2.24, 2.45) is 5.10 Å². The predicted octanol–water partition coefficient (Wildman–Crippen LogP) is 5.14. The molecule has 0 radical (unpaired) electrons. The van der Waals surface area contributed by atoms with Crippen LogP contribution in [0.4, 0.5) is 5.69 Å². The number of halogens is 1. The number of benzene rings is 2. The molecule has 0 aliphatic carbocycles. The molecule has 3 rings (SSSR count). The molecule has 1 heterocycles. The fourth-order valence-corrected chi connectivity index (χ4v) is 4.00. The van der Waals surface area contributed by atoms with Crippen molar-refractivity contribution in [3.05, 3.63) is 83.7 Å². The van der Waals surface area contributed by atoms with Crippen LogP contribution in [0.25, 0.3) is 0 Å². The molecule has 3 aromatic rings. The molecule has 1 aromatic heterocycles. The lowest BCUT2D eigenvalue weighted by atomic mass is 10.1. The van der Waals surface area contributed by atoms with Crippen LogP contribution in [-0.2, 0) is 17.9 Å². The summed E-state index contributed by atoms with van der Waals surface area (Å²) in [5.74, 6) is 0.547. The number of allylic oxidation sites excluding steroid dienone is 1. The van der Waals surface area contributed by atoms with E-state index in [-0.39, 0.29) is 5.91 Å². The topological polar surface area (TPSA) is 84.2 Å². The Hall–Kier alpha value is -3.10. The number of rotatable bonds is 11. The van der Waals surface area contributed by atoms with Crippen molar-refractivity contribution < 1.29 is 4.79 Å². The summed E-state index contributed by atoms with van der Waals surface area (Å²) < 4.78 is 1.94. The van der Waals surface area contributed by atoms with Crippen LogP contribution in [0, 0.1) is 0 Å². The van der Waals surface area contributed by atoms with Crippen molar-refractivity contribution in [1.29, 1.82) is 0 Å². The number of anilines is 1. The third-order valence-corrected chi connectivity index (χ3v) is 6.13. The molecule has 1 unspecified atom stereocenters. The summed E-state index contributed by atoms with van der Waals surface area (Å²) in [6.07, 6.45) is 2.49. The number of hydrogen-bond acceptors (Lipinski definition) is 6. The normalized spacial score (nSPS) is 12.3. The molecule has 0 spiro atoms. The van der Waals surface area contributed by atoms with E-state index in [0.29, 0.717) is 29.7 Å². The van der Waals surface area contributed by atoms with Crippen molar-refractivity contribution in [2.45, 2.75) is 43.8 Å². The SMILES string of the molecule is C=CCn1c(CNc2ccc(Cl)cc2)nnc1SC(C)C(=O)N/N=C(\CC)c1ccccc1. The summed E-state index contributed by atoms with van der Waals surface area (Å²) in [5, 5.41) is 17.2. The predicted molar refractivity (Wildman–Crippen MR) is 136 cm³/mol. The second-order valence-corrected chi connectivity index (χ2v) is 8.92. The van der Waals surface area contributed by atoms with E-state index in [4.69, 9.17) is 11.6 Å². The van der Waals surface area contributed by atoms with E-state index in [1.807, 2.05) is 73.0 Å². The van der Waals surface area contributed by atoms with Gasteiger partial charge in [-0.3, -0.25) is 4.79 Å². The zero-order valence-electron chi connectivity index (χ0n) is 18.7. The van der Waals surface area contributed by atoms with Crippen molar-refractivity contribution in [2.75, 3.05) is 5.32 Å². The highest BCUT2D eigenvalue weighted by Gasteiger charge is 2.20. The number of carbonyl (C=O) groups excluding carboxylic acids is 1. The van der Waals surface area contributed by atoms with E-state index in [2.05, 4.69) is 32.6 Å². The van der Waals surface area contributed by atoms with Gasteiger partial charge in [0.25, 0.3) is 5.91 Å². The van der Waals surface area contributed by atoms with Crippen LogP contribution in [0.2, 0.25) is 5.02 Å². The molecule has 0 fully saturated rings. The average molecular weight is 483 g/mol. The monoisotopic (exact) mass is 482 g/mol. The van der Waals surface area contributed by atoms with Gasteiger partial charge in [-0.25, -0.2) is 5.43 Å². The smallest absolute Gasteiger partial charge is 0.253 e. The van der Waals surface area contributed by atoms with Crippen LogP contribution >= 0.6 is 23.4 Å². The number of nitrogens with one attached hydrogen (secondary N) is 2. The van der Waals surface area contributed by atoms with Gasteiger partial charge in [0.05, 0.1) is 17.5 Å². The maximum absolute atomic E-state index is 12.7. The van der Waals surface area contributed by atoms with Gasteiger partial charge in [0.15, 0.2) is 11.0 Å². The number of amides is 1. The Bertz CT molecular complexity index is 1100. The quantitative estimate of drug-likeness (QED) is 0.171. The highest BCUT2D eigenvalue weighted by Crippen LogP contribution is 2.23. The lowest BCUT2D eigenvalue weighted by molar-refractivity contribution is -0.120. The van der Waals surface area contributed by atoms with Crippen LogP contribution in [0.15, 0.2) is 77.5 Å². The number of thioether (sulfide) groups is 1. The largest absolute Gasteiger partial charge is 0.378 e. The van der Waals surface area contributed by atoms with Gasteiger partial charge in [-0.1, -0.05) is 66.7 Å². The van der Waals surface area contributed by atoms with E-state index in [1.54, 1.807) is 6.08 Å². The lowest BCUT2D eigenvalue weighted by Gasteiger charge is -2.12. The summed E-state index contributed by atoms with van der Waals surface area (Å²) in [7, 11) is 0. The van der Waals surface area contributed by atoms with E-state index in [9.17, 15) is 4.79 Å². The Kier molecular flexibility index (Phi) is 9.09. The van der Waals surface area contributed by atoms with Gasteiger partial charge < -0.3 is 9.88 Å². The van der Waals surface area contributed by atoms with Gasteiger partial charge in [-0.2, -0.15) is 5.10 Å². The van der Waals surface area contributed by atoms with Crippen LogP contribution in [0.3, 0.4) is 0 Å². The van der Waals surface area contributed by atoms with Crippen molar-refractivity contribution in [1.82, 2.24) is 20.2 Å². The van der Waals surface area contributed by atoms with Crippen LogP contribution in [-0.4, -0.2) is 31.6 Å². The van der Waals surface area contributed by atoms with Gasteiger partial charge in [-0.15, -0.1) is 16.8 Å². The Morgan fingerprint density at radius 3 is 2.61 bits per heavy atom. The highest BCUT2D eigenvalue weighted by molar-refractivity contribution is 8.00. The molecule has 7 nitrogen and oxygen atoms in total. The second-order valence-electron chi connectivity index (χ2n) is 7.17. The van der Waals surface area contributed by atoms with Gasteiger partial charge in [-0.05, 0) is 43.2 Å². The Morgan fingerprint density at radius 2 is 1.94 bits per heavy atom. The van der Waals surface area contributed by atoms with E-state index >= 15 is 0 Å². The summed E-state index contributed by atoms with van der Waals surface area (Å²) in [6, 6.07) is 17.3. The number of aromatic nitrogens is 3. The third kappa shape index (κ3) is 6.94. The standard InChI is InChI=1S/C24H27ClN6OS/c1-4-15-31-22(16-26-20-13-11-19(25)12-14-20)28-30-24(31)33-17(3)23(32)29-27-21(5-2)18-9-7-6-8-10-18/h4,6-14,17,26H,1,5,15-16H2,2-3H3,(H,29,32)/b27-21+. The zero-order chi connectivity index (χ0) is 23.6. The maximum atomic E-state index is 12.7. The summed E-state index contributed by atoms with van der Waals surface area (Å²) in [4.78, 5) is 12.7. The molecule has 0 bridgehead atoms. The average Bonchev–Trinajstić information content (AvgIpc) is 3.21. The Morgan fingerprint density at radius 1 is 1.21 bits per heavy atom. The third-order valence-electron chi connectivity index (χ3n) is 4.79. The molecular formula is C24H27ClN6OS. The molecule has 0 aliphatic heterocycles. The molecule has 2 aromatic carbocycles. The Labute approximate surface area is 203 Å². The molecular weight excluding hydrogens is 456 g/mol.